The number of rotatable bonds is 6. The predicted octanol–water partition coefficient (Wildman–Crippen LogP) is 2.09. The minimum absolute atomic E-state index is 0.202. The first-order chi connectivity index (χ1) is 10.7. The molecule has 1 saturated heterocycles. The zero-order valence-electron chi connectivity index (χ0n) is 13.0. The molecule has 1 aliphatic heterocycles. The number of nitrogens with zero attached hydrogens (tertiary/aromatic N) is 1. The van der Waals surface area contributed by atoms with Gasteiger partial charge in [-0.1, -0.05) is 12.1 Å². The van der Waals surface area contributed by atoms with Crippen molar-refractivity contribution in [1.82, 2.24) is 4.90 Å². The Morgan fingerprint density at radius 3 is 3.00 bits per heavy atom. The van der Waals surface area contributed by atoms with Gasteiger partial charge in [0, 0.05) is 33.2 Å². The SMILES string of the molecule is COCCCOc1ccccc1NC(=O)N1CCCC(O)C1. The van der Waals surface area contributed by atoms with Crippen molar-refractivity contribution in [2.45, 2.75) is 25.4 Å². The molecule has 2 amide bonds. The standard InChI is InChI=1S/C16H24N2O4/c1-21-10-5-11-22-15-8-3-2-7-14(15)17-16(20)18-9-4-6-13(19)12-18/h2-3,7-8,13,19H,4-6,9-12H2,1H3,(H,17,20). The molecule has 0 radical (unpaired) electrons. The summed E-state index contributed by atoms with van der Waals surface area (Å²) in [4.78, 5) is 13.9. The summed E-state index contributed by atoms with van der Waals surface area (Å²) in [5, 5.41) is 12.5. The number of urea groups is 1. The van der Waals surface area contributed by atoms with Crippen LogP contribution in [0.4, 0.5) is 10.5 Å². The average Bonchev–Trinajstić information content (AvgIpc) is 2.53. The number of carbonyl (C=O) groups excluding carboxylic acids is 1. The molecule has 1 aromatic carbocycles. The summed E-state index contributed by atoms with van der Waals surface area (Å²) in [7, 11) is 1.65. The zero-order chi connectivity index (χ0) is 15.8. The van der Waals surface area contributed by atoms with Crippen LogP contribution < -0.4 is 10.1 Å². The van der Waals surface area contributed by atoms with Crippen molar-refractivity contribution in [3.8, 4) is 5.75 Å². The average molecular weight is 308 g/mol. The van der Waals surface area contributed by atoms with E-state index in [0.29, 0.717) is 37.7 Å². The maximum atomic E-state index is 12.3. The summed E-state index contributed by atoms with van der Waals surface area (Å²) < 4.78 is 10.7. The van der Waals surface area contributed by atoms with Crippen LogP contribution in [0.5, 0.6) is 5.75 Å². The second-order valence-electron chi connectivity index (χ2n) is 5.36. The lowest BCUT2D eigenvalue weighted by Crippen LogP contribution is -2.44. The lowest BCUT2D eigenvalue weighted by molar-refractivity contribution is 0.0883. The van der Waals surface area contributed by atoms with E-state index in [1.165, 1.54) is 0 Å². The van der Waals surface area contributed by atoms with Gasteiger partial charge in [0.25, 0.3) is 0 Å². The van der Waals surface area contributed by atoms with Crippen LogP contribution in [0.25, 0.3) is 0 Å². The van der Waals surface area contributed by atoms with E-state index in [2.05, 4.69) is 5.32 Å². The molecule has 6 nitrogen and oxygen atoms in total. The van der Waals surface area contributed by atoms with Crippen molar-refractivity contribution in [3.05, 3.63) is 24.3 Å². The van der Waals surface area contributed by atoms with E-state index >= 15 is 0 Å². The first-order valence-electron chi connectivity index (χ1n) is 7.65. The van der Waals surface area contributed by atoms with Crippen LogP contribution in [0.15, 0.2) is 24.3 Å². The molecule has 0 aliphatic carbocycles. The van der Waals surface area contributed by atoms with E-state index < -0.39 is 6.10 Å². The van der Waals surface area contributed by atoms with Gasteiger partial charge in [0.2, 0.25) is 0 Å². The summed E-state index contributed by atoms with van der Waals surface area (Å²) in [6, 6.07) is 7.15. The van der Waals surface area contributed by atoms with Gasteiger partial charge >= 0.3 is 6.03 Å². The molecule has 1 heterocycles. The van der Waals surface area contributed by atoms with Gasteiger partial charge < -0.3 is 24.8 Å². The Morgan fingerprint density at radius 1 is 1.41 bits per heavy atom. The highest BCUT2D eigenvalue weighted by molar-refractivity contribution is 5.91. The van der Waals surface area contributed by atoms with Crippen LogP contribution in [-0.4, -0.2) is 55.6 Å². The Labute approximate surface area is 131 Å². The number of β-amino-alcohol motifs (C(OH)–C–C–N with tert-alkyl or cyclic N) is 1. The third-order valence-electron chi connectivity index (χ3n) is 3.56. The smallest absolute Gasteiger partial charge is 0.322 e. The van der Waals surface area contributed by atoms with Crippen LogP contribution in [0.3, 0.4) is 0 Å². The summed E-state index contributed by atoms with van der Waals surface area (Å²) in [5.74, 6) is 0.643. The van der Waals surface area contributed by atoms with E-state index in [0.717, 1.165) is 19.3 Å². The number of hydrogen-bond acceptors (Lipinski definition) is 4. The predicted molar refractivity (Wildman–Crippen MR) is 84.3 cm³/mol. The second kappa shape index (κ2) is 8.60. The molecule has 0 bridgehead atoms. The number of hydrogen-bond donors (Lipinski definition) is 2. The van der Waals surface area contributed by atoms with Crippen molar-refractivity contribution < 1.29 is 19.4 Å². The van der Waals surface area contributed by atoms with Gasteiger partial charge in [0.1, 0.15) is 5.75 Å². The van der Waals surface area contributed by atoms with Crippen LogP contribution in [0.1, 0.15) is 19.3 Å². The van der Waals surface area contributed by atoms with Crippen LogP contribution in [-0.2, 0) is 4.74 Å². The van der Waals surface area contributed by atoms with Crippen LogP contribution in [0.2, 0.25) is 0 Å². The number of para-hydroxylation sites is 2. The molecule has 1 aliphatic rings. The van der Waals surface area contributed by atoms with Gasteiger partial charge in [-0.15, -0.1) is 0 Å². The fraction of sp³-hybridized carbons (Fsp3) is 0.562. The molecule has 0 aromatic heterocycles. The first-order valence-corrected chi connectivity index (χ1v) is 7.65. The van der Waals surface area contributed by atoms with Gasteiger partial charge in [-0.3, -0.25) is 0 Å². The van der Waals surface area contributed by atoms with Gasteiger partial charge in [-0.2, -0.15) is 0 Å². The fourth-order valence-corrected chi connectivity index (χ4v) is 2.41. The molecule has 0 spiro atoms. The van der Waals surface area contributed by atoms with Crippen molar-refractivity contribution in [2.24, 2.45) is 0 Å². The number of amides is 2. The Morgan fingerprint density at radius 2 is 2.23 bits per heavy atom. The summed E-state index contributed by atoms with van der Waals surface area (Å²) in [6.07, 6.45) is 1.93. The molecule has 1 fully saturated rings. The summed E-state index contributed by atoms with van der Waals surface area (Å²) >= 11 is 0. The number of likely N-dealkylation sites (tertiary alicyclic amines) is 1. The fourth-order valence-electron chi connectivity index (χ4n) is 2.41. The number of carbonyl (C=O) groups is 1. The van der Waals surface area contributed by atoms with Gasteiger partial charge in [0.05, 0.1) is 18.4 Å². The largest absolute Gasteiger partial charge is 0.491 e. The minimum atomic E-state index is -0.431. The number of nitrogens with one attached hydrogen (secondary N) is 1. The van der Waals surface area contributed by atoms with E-state index in [1.54, 1.807) is 12.0 Å². The third kappa shape index (κ3) is 4.89. The number of benzene rings is 1. The maximum absolute atomic E-state index is 12.3. The minimum Gasteiger partial charge on any atom is -0.491 e. The van der Waals surface area contributed by atoms with Crippen molar-refractivity contribution in [1.29, 1.82) is 0 Å². The van der Waals surface area contributed by atoms with Crippen molar-refractivity contribution >= 4 is 11.7 Å². The molecule has 2 rings (SSSR count). The number of aliphatic hydroxyl groups is 1. The molecule has 1 aromatic rings. The van der Waals surface area contributed by atoms with E-state index in [9.17, 15) is 9.90 Å². The summed E-state index contributed by atoms with van der Waals surface area (Å²) in [6.45, 7) is 2.21. The molecule has 122 valence electrons. The number of anilines is 1. The molecular weight excluding hydrogens is 284 g/mol. The monoisotopic (exact) mass is 308 g/mol. The Bertz CT molecular complexity index is 481. The normalized spacial score (nSPS) is 18.1. The lowest BCUT2D eigenvalue weighted by Gasteiger charge is -2.30. The first kappa shape index (κ1) is 16.6. The van der Waals surface area contributed by atoms with Crippen molar-refractivity contribution in [2.75, 3.05) is 38.7 Å². The molecule has 6 heteroatoms. The molecule has 22 heavy (non-hydrogen) atoms. The van der Waals surface area contributed by atoms with Crippen molar-refractivity contribution in [3.63, 3.8) is 0 Å². The van der Waals surface area contributed by atoms with E-state index in [-0.39, 0.29) is 6.03 Å². The Hall–Kier alpha value is -1.79. The highest BCUT2D eigenvalue weighted by Gasteiger charge is 2.22. The molecule has 1 unspecified atom stereocenters. The van der Waals surface area contributed by atoms with Gasteiger partial charge in [-0.05, 0) is 25.0 Å². The van der Waals surface area contributed by atoms with Crippen LogP contribution >= 0.6 is 0 Å². The highest BCUT2D eigenvalue weighted by atomic mass is 16.5. The quantitative estimate of drug-likeness (QED) is 0.790. The van der Waals surface area contributed by atoms with E-state index in [4.69, 9.17) is 9.47 Å². The molecule has 2 N–H and O–H groups in total. The Kier molecular flexibility index (Phi) is 6.48. The zero-order valence-corrected chi connectivity index (χ0v) is 13.0. The third-order valence-corrected chi connectivity index (χ3v) is 3.56. The number of methoxy groups -OCH3 is 1. The van der Waals surface area contributed by atoms with Crippen LogP contribution in [0, 0.1) is 0 Å². The molecule has 0 saturated carbocycles. The Balaban J connectivity index is 1.92. The second-order valence-corrected chi connectivity index (χ2v) is 5.36. The topological polar surface area (TPSA) is 71.0 Å². The van der Waals surface area contributed by atoms with Gasteiger partial charge in [-0.25, -0.2) is 4.79 Å². The van der Waals surface area contributed by atoms with E-state index in [1.807, 2.05) is 24.3 Å². The summed E-state index contributed by atoms with van der Waals surface area (Å²) in [5.41, 5.74) is 0.644. The highest BCUT2D eigenvalue weighted by Crippen LogP contribution is 2.24. The lowest BCUT2D eigenvalue weighted by atomic mass is 10.1. The molecular formula is C16H24N2O4. The number of aliphatic hydroxyl groups excluding tert-OH is 1. The maximum Gasteiger partial charge on any atom is 0.322 e. The van der Waals surface area contributed by atoms with Gasteiger partial charge in [0.15, 0.2) is 0 Å². The number of ether oxygens (including phenoxy) is 2. The molecule has 1 atom stereocenters. The number of piperidine rings is 1.